The molecule has 3 atom stereocenters. The Hall–Kier alpha value is -0.220. The third-order valence-electron chi connectivity index (χ3n) is 4.19. The first-order valence-electron chi connectivity index (χ1n) is 6.80. The summed E-state index contributed by atoms with van der Waals surface area (Å²) in [4.78, 5) is 14.4. The third kappa shape index (κ3) is 3.16. The molecule has 2 fully saturated rings. The predicted octanol–water partition coefficient (Wildman–Crippen LogP) is 1.73. The van der Waals surface area contributed by atoms with Gasteiger partial charge >= 0.3 is 0 Å². The molecule has 98 valence electrons. The Balaban J connectivity index is 1.89. The Bertz CT molecular complexity index is 266. The molecule has 0 aromatic heterocycles. The zero-order valence-corrected chi connectivity index (χ0v) is 11.8. The van der Waals surface area contributed by atoms with E-state index in [1.165, 1.54) is 18.6 Å². The zero-order chi connectivity index (χ0) is 12.3. The summed E-state index contributed by atoms with van der Waals surface area (Å²) >= 11 is 1.97. The Morgan fingerprint density at radius 2 is 2.29 bits per heavy atom. The largest absolute Gasteiger partial charge is 0.341 e. The van der Waals surface area contributed by atoms with Gasteiger partial charge in [0.15, 0.2) is 0 Å². The fraction of sp³-hybridized carbons (Fsp3) is 0.923. The summed E-state index contributed by atoms with van der Waals surface area (Å²) in [7, 11) is 1.98. The molecule has 2 rings (SSSR count). The van der Waals surface area contributed by atoms with Crippen molar-refractivity contribution in [1.29, 1.82) is 0 Å². The highest BCUT2D eigenvalue weighted by Crippen LogP contribution is 2.24. The number of carbonyl (C=O) groups is 1. The van der Waals surface area contributed by atoms with Gasteiger partial charge < -0.3 is 10.2 Å². The molecule has 0 radical (unpaired) electrons. The van der Waals surface area contributed by atoms with Crippen LogP contribution in [0.25, 0.3) is 0 Å². The van der Waals surface area contributed by atoms with Crippen molar-refractivity contribution >= 4 is 17.7 Å². The second kappa shape index (κ2) is 6.10. The minimum absolute atomic E-state index is 0.0734. The molecule has 4 heteroatoms. The number of amides is 1. The molecule has 0 aliphatic carbocycles. The Labute approximate surface area is 109 Å². The fourth-order valence-electron chi connectivity index (χ4n) is 2.81. The van der Waals surface area contributed by atoms with Crippen molar-refractivity contribution in [2.45, 2.75) is 44.7 Å². The van der Waals surface area contributed by atoms with E-state index in [9.17, 15) is 4.79 Å². The van der Waals surface area contributed by atoms with Crippen LogP contribution in [0.15, 0.2) is 0 Å². The fourth-order valence-corrected chi connectivity index (χ4v) is 4.08. The van der Waals surface area contributed by atoms with Crippen LogP contribution in [0.5, 0.6) is 0 Å². The van der Waals surface area contributed by atoms with E-state index in [2.05, 4.69) is 12.2 Å². The van der Waals surface area contributed by atoms with Crippen molar-refractivity contribution in [3.8, 4) is 0 Å². The van der Waals surface area contributed by atoms with Crippen molar-refractivity contribution < 1.29 is 4.79 Å². The second-order valence-corrected chi connectivity index (χ2v) is 6.42. The number of nitrogens with one attached hydrogen (secondary N) is 1. The van der Waals surface area contributed by atoms with E-state index in [1.54, 1.807) is 0 Å². The molecule has 0 bridgehead atoms. The summed E-state index contributed by atoms with van der Waals surface area (Å²) in [6.45, 7) is 3.23. The number of likely N-dealkylation sites (N-methyl/N-ethyl adjacent to an activating group) is 1. The molecule has 2 heterocycles. The van der Waals surface area contributed by atoms with E-state index in [1.807, 2.05) is 23.7 Å². The van der Waals surface area contributed by atoms with Crippen LogP contribution in [-0.2, 0) is 4.79 Å². The number of thioether (sulfide) groups is 1. The van der Waals surface area contributed by atoms with E-state index in [0.29, 0.717) is 11.9 Å². The first-order chi connectivity index (χ1) is 8.22. The number of rotatable bonds is 3. The number of piperidine rings is 1. The summed E-state index contributed by atoms with van der Waals surface area (Å²) in [6, 6.07) is 0.542. The van der Waals surface area contributed by atoms with E-state index in [-0.39, 0.29) is 6.04 Å². The molecule has 3 unspecified atom stereocenters. The van der Waals surface area contributed by atoms with Crippen LogP contribution in [0.3, 0.4) is 0 Å². The SMILES string of the molecule is CCC1CCNC(C(=O)N(C)C2CCSC2)C1. The molecule has 1 amide bonds. The number of carbonyl (C=O) groups excluding carboxylic acids is 1. The van der Waals surface area contributed by atoms with Crippen LogP contribution in [0.4, 0.5) is 0 Å². The summed E-state index contributed by atoms with van der Waals surface area (Å²) in [5.41, 5.74) is 0. The van der Waals surface area contributed by atoms with Gasteiger partial charge in [-0.05, 0) is 37.5 Å². The minimum Gasteiger partial charge on any atom is -0.341 e. The molecule has 0 aromatic carbocycles. The third-order valence-corrected chi connectivity index (χ3v) is 5.33. The molecule has 0 saturated carbocycles. The quantitative estimate of drug-likeness (QED) is 0.834. The number of hydrogen-bond donors (Lipinski definition) is 1. The Kier molecular flexibility index (Phi) is 4.74. The maximum absolute atomic E-state index is 12.4. The first kappa shape index (κ1) is 13.2. The van der Waals surface area contributed by atoms with E-state index >= 15 is 0 Å². The van der Waals surface area contributed by atoms with E-state index in [4.69, 9.17) is 0 Å². The maximum atomic E-state index is 12.4. The van der Waals surface area contributed by atoms with Crippen molar-refractivity contribution in [2.75, 3.05) is 25.1 Å². The van der Waals surface area contributed by atoms with Gasteiger partial charge in [0.25, 0.3) is 0 Å². The van der Waals surface area contributed by atoms with Crippen LogP contribution in [-0.4, -0.2) is 48.0 Å². The lowest BCUT2D eigenvalue weighted by Gasteiger charge is -2.33. The molecule has 2 saturated heterocycles. The topological polar surface area (TPSA) is 32.3 Å². The van der Waals surface area contributed by atoms with Gasteiger partial charge in [-0.3, -0.25) is 4.79 Å². The van der Waals surface area contributed by atoms with Crippen LogP contribution < -0.4 is 5.32 Å². The molecule has 2 aliphatic rings. The summed E-state index contributed by atoms with van der Waals surface area (Å²) in [5, 5.41) is 3.39. The smallest absolute Gasteiger partial charge is 0.239 e. The monoisotopic (exact) mass is 256 g/mol. The lowest BCUT2D eigenvalue weighted by molar-refractivity contribution is -0.134. The van der Waals surface area contributed by atoms with Crippen LogP contribution in [0.1, 0.15) is 32.6 Å². The molecular weight excluding hydrogens is 232 g/mol. The Morgan fingerprint density at radius 3 is 2.94 bits per heavy atom. The van der Waals surface area contributed by atoms with Crippen molar-refractivity contribution in [2.24, 2.45) is 5.92 Å². The predicted molar refractivity (Wildman–Crippen MR) is 73.3 cm³/mol. The van der Waals surface area contributed by atoms with Gasteiger partial charge in [-0.2, -0.15) is 11.8 Å². The van der Waals surface area contributed by atoms with Crippen LogP contribution in [0, 0.1) is 5.92 Å². The lowest BCUT2D eigenvalue weighted by Crippen LogP contribution is -2.51. The van der Waals surface area contributed by atoms with Gasteiger partial charge in [0, 0.05) is 18.8 Å². The van der Waals surface area contributed by atoms with Crippen LogP contribution in [0.2, 0.25) is 0 Å². The highest BCUT2D eigenvalue weighted by atomic mass is 32.2. The molecule has 0 aromatic rings. The van der Waals surface area contributed by atoms with E-state index < -0.39 is 0 Å². The number of hydrogen-bond acceptors (Lipinski definition) is 3. The standard InChI is InChI=1S/C13H24N2OS/c1-3-10-4-6-14-12(8-10)13(16)15(2)11-5-7-17-9-11/h10-12,14H,3-9H2,1-2H3. The summed E-state index contributed by atoms with van der Waals surface area (Å²) < 4.78 is 0. The second-order valence-electron chi connectivity index (χ2n) is 5.27. The van der Waals surface area contributed by atoms with Gasteiger partial charge in [0.2, 0.25) is 5.91 Å². The van der Waals surface area contributed by atoms with Gasteiger partial charge in [0.1, 0.15) is 0 Å². The van der Waals surface area contributed by atoms with Gasteiger partial charge in [-0.15, -0.1) is 0 Å². The Morgan fingerprint density at radius 1 is 1.47 bits per heavy atom. The highest BCUT2D eigenvalue weighted by molar-refractivity contribution is 7.99. The first-order valence-corrected chi connectivity index (χ1v) is 7.95. The van der Waals surface area contributed by atoms with Gasteiger partial charge in [0.05, 0.1) is 6.04 Å². The van der Waals surface area contributed by atoms with Gasteiger partial charge in [-0.25, -0.2) is 0 Å². The van der Waals surface area contributed by atoms with Crippen LogP contribution >= 0.6 is 11.8 Å². The highest BCUT2D eigenvalue weighted by Gasteiger charge is 2.31. The summed E-state index contributed by atoms with van der Waals surface area (Å²) in [5.74, 6) is 3.37. The maximum Gasteiger partial charge on any atom is 0.239 e. The molecule has 1 N–H and O–H groups in total. The summed E-state index contributed by atoms with van der Waals surface area (Å²) in [6.07, 6.45) is 4.62. The minimum atomic E-state index is 0.0734. The van der Waals surface area contributed by atoms with E-state index in [0.717, 1.165) is 31.1 Å². The zero-order valence-electron chi connectivity index (χ0n) is 10.9. The lowest BCUT2D eigenvalue weighted by atomic mass is 9.90. The van der Waals surface area contributed by atoms with Crippen molar-refractivity contribution in [1.82, 2.24) is 10.2 Å². The molecule has 3 nitrogen and oxygen atoms in total. The van der Waals surface area contributed by atoms with Gasteiger partial charge in [-0.1, -0.05) is 13.3 Å². The van der Waals surface area contributed by atoms with Crippen molar-refractivity contribution in [3.63, 3.8) is 0 Å². The number of nitrogens with zero attached hydrogens (tertiary/aromatic N) is 1. The van der Waals surface area contributed by atoms with Crippen molar-refractivity contribution in [3.05, 3.63) is 0 Å². The average molecular weight is 256 g/mol. The molecular formula is C13H24N2OS. The average Bonchev–Trinajstić information content (AvgIpc) is 2.91. The molecule has 0 spiro atoms. The normalized spacial score (nSPS) is 33.6. The molecule has 2 aliphatic heterocycles. The molecule has 17 heavy (non-hydrogen) atoms.